The van der Waals surface area contributed by atoms with Crippen molar-refractivity contribution in [3.05, 3.63) is 41.6 Å². The Morgan fingerprint density at radius 1 is 1.17 bits per heavy atom. The second kappa shape index (κ2) is 6.33. The van der Waals surface area contributed by atoms with Crippen LogP contribution in [0.1, 0.15) is 6.42 Å². The molecule has 5 heteroatoms. The molecule has 0 bridgehead atoms. The van der Waals surface area contributed by atoms with Crippen LogP contribution < -0.4 is 5.32 Å². The third-order valence-electron chi connectivity index (χ3n) is 2.37. The second-order valence-corrected chi connectivity index (χ2v) is 4.16. The summed E-state index contributed by atoms with van der Waals surface area (Å²) in [7, 11) is 0. The van der Waals surface area contributed by atoms with Gasteiger partial charge in [-0.2, -0.15) is 0 Å². The van der Waals surface area contributed by atoms with E-state index in [1.54, 1.807) is 6.07 Å². The molecule has 2 N–H and O–H groups in total. The van der Waals surface area contributed by atoms with Crippen LogP contribution in [0.15, 0.2) is 36.4 Å². The fourth-order valence-electron chi connectivity index (χ4n) is 1.52. The fraction of sp³-hybridized carbons (Fsp3) is 0.231. The molecule has 0 fully saturated rings. The van der Waals surface area contributed by atoms with Gasteiger partial charge >= 0.3 is 0 Å². The fourth-order valence-corrected chi connectivity index (χ4v) is 1.70. The largest absolute Gasteiger partial charge is 0.396 e. The molecule has 0 saturated carbocycles. The summed E-state index contributed by atoms with van der Waals surface area (Å²) in [6.07, 6.45) is 0.669. The Hall–Kier alpha value is -1.65. The summed E-state index contributed by atoms with van der Waals surface area (Å²) in [5.41, 5.74) is 0.921. The van der Waals surface area contributed by atoms with Crippen LogP contribution in [0.4, 0.5) is 5.82 Å². The molecular weight excluding hydrogens is 250 g/mol. The number of hydrogen-bond donors (Lipinski definition) is 2. The van der Waals surface area contributed by atoms with Crippen LogP contribution in [0.25, 0.3) is 11.4 Å². The van der Waals surface area contributed by atoms with E-state index in [0.29, 0.717) is 29.8 Å². The van der Waals surface area contributed by atoms with E-state index in [4.69, 9.17) is 16.7 Å². The second-order valence-electron chi connectivity index (χ2n) is 3.77. The van der Waals surface area contributed by atoms with E-state index in [0.717, 1.165) is 5.56 Å². The Bertz CT molecular complexity index is 505. The normalized spacial score (nSPS) is 10.3. The van der Waals surface area contributed by atoms with Crippen LogP contribution >= 0.6 is 11.6 Å². The number of nitrogens with zero attached hydrogens (tertiary/aromatic N) is 2. The lowest BCUT2D eigenvalue weighted by Gasteiger charge is -2.07. The van der Waals surface area contributed by atoms with Gasteiger partial charge in [0.15, 0.2) is 5.82 Å². The maximum atomic E-state index is 8.73. The summed E-state index contributed by atoms with van der Waals surface area (Å²) in [5.74, 6) is 1.26. The zero-order valence-electron chi connectivity index (χ0n) is 9.81. The zero-order valence-corrected chi connectivity index (χ0v) is 10.6. The van der Waals surface area contributed by atoms with Crippen LogP contribution in [0.2, 0.25) is 5.15 Å². The van der Waals surface area contributed by atoms with E-state index in [1.807, 2.05) is 30.3 Å². The highest BCUT2D eigenvalue weighted by Crippen LogP contribution is 2.19. The first-order chi connectivity index (χ1) is 8.79. The summed E-state index contributed by atoms with van der Waals surface area (Å²) in [6.45, 7) is 0.801. The quantitative estimate of drug-likeness (QED) is 0.643. The van der Waals surface area contributed by atoms with Crippen LogP contribution in [0.5, 0.6) is 0 Å². The molecule has 1 aromatic heterocycles. The lowest BCUT2D eigenvalue weighted by Crippen LogP contribution is -2.06. The molecule has 0 radical (unpaired) electrons. The molecule has 18 heavy (non-hydrogen) atoms. The van der Waals surface area contributed by atoms with Gasteiger partial charge in [0.05, 0.1) is 0 Å². The van der Waals surface area contributed by atoms with Crippen molar-refractivity contribution in [2.24, 2.45) is 0 Å². The van der Waals surface area contributed by atoms with E-state index < -0.39 is 0 Å². The van der Waals surface area contributed by atoms with E-state index in [-0.39, 0.29) is 6.61 Å². The molecule has 0 aliphatic carbocycles. The molecule has 0 saturated heterocycles. The predicted octanol–water partition coefficient (Wildman–Crippen LogP) is 2.59. The average molecular weight is 264 g/mol. The number of aliphatic hydroxyl groups excluding tert-OH is 1. The highest BCUT2D eigenvalue weighted by molar-refractivity contribution is 6.29. The molecule has 0 unspecified atom stereocenters. The number of aromatic nitrogens is 2. The highest BCUT2D eigenvalue weighted by atomic mass is 35.5. The molecule has 2 aromatic rings. The van der Waals surface area contributed by atoms with Crippen molar-refractivity contribution in [2.75, 3.05) is 18.5 Å². The Labute approximate surface area is 111 Å². The zero-order chi connectivity index (χ0) is 12.8. The number of anilines is 1. The van der Waals surface area contributed by atoms with Crippen LogP contribution in [-0.2, 0) is 0 Å². The molecule has 0 spiro atoms. The number of nitrogens with one attached hydrogen (secondary N) is 1. The summed E-state index contributed by atoms with van der Waals surface area (Å²) in [4.78, 5) is 8.58. The molecule has 0 atom stereocenters. The van der Waals surface area contributed by atoms with E-state index >= 15 is 0 Å². The van der Waals surface area contributed by atoms with Crippen molar-refractivity contribution in [1.29, 1.82) is 0 Å². The molecule has 0 amide bonds. The topological polar surface area (TPSA) is 58.0 Å². The van der Waals surface area contributed by atoms with Gasteiger partial charge in [-0.15, -0.1) is 0 Å². The van der Waals surface area contributed by atoms with Gasteiger partial charge in [0.1, 0.15) is 11.0 Å². The van der Waals surface area contributed by atoms with E-state index in [2.05, 4.69) is 15.3 Å². The van der Waals surface area contributed by atoms with Crippen LogP contribution in [0, 0.1) is 0 Å². The molecule has 94 valence electrons. The smallest absolute Gasteiger partial charge is 0.163 e. The number of halogens is 1. The molecule has 0 aliphatic rings. The van der Waals surface area contributed by atoms with Crippen molar-refractivity contribution in [3.8, 4) is 11.4 Å². The van der Waals surface area contributed by atoms with Crippen LogP contribution in [-0.4, -0.2) is 28.2 Å². The highest BCUT2D eigenvalue weighted by Gasteiger charge is 2.05. The number of aliphatic hydroxyl groups is 1. The van der Waals surface area contributed by atoms with Crippen molar-refractivity contribution >= 4 is 17.4 Å². The Balaban J connectivity index is 2.21. The standard InChI is InChI=1S/C13H14ClN3O/c14-11-9-12(15-7-4-8-18)17-13(16-11)10-5-2-1-3-6-10/h1-3,5-6,9,18H,4,7-8H2,(H,15,16,17). The van der Waals surface area contributed by atoms with Gasteiger partial charge in [0, 0.05) is 24.8 Å². The third-order valence-corrected chi connectivity index (χ3v) is 2.56. The third kappa shape index (κ3) is 3.42. The lowest BCUT2D eigenvalue weighted by atomic mass is 10.2. The van der Waals surface area contributed by atoms with Gasteiger partial charge < -0.3 is 10.4 Å². The Morgan fingerprint density at radius 2 is 1.94 bits per heavy atom. The minimum absolute atomic E-state index is 0.150. The average Bonchev–Trinajstić information content (AvgIpc) is 2.39. The summed E-state index contributed by atoms with van der Waals surface area (Å²) in [6, 6.07) is 11.3. The monoisotopic (exact) mass is 263 g/mol. The van der Waals surface area contributed by atoms with Crippen molar-refractivity contribution in [2.45, 2.75) is 6.42 Å². The molecule has 1 heterocycles. The van der Waals surface area contributed by atoms with E-state index in [9.17, 15) is 0 Å². The van der Waals surface area contributed by atoms with Gasteiger partial charge in [-0.3, -0.25) is 0 Å². The first-order valence-electron chi connectivity index (χ1n) is 5.74. The lowest BCUT2D eigenvalue weighted by molar-refractivity contribution is 0.292. The summed E-state index contributed by atoms with van der Waals surface area (Å²) in [5, 5.41) is 12.2. The molecular formula is C13H14ClN3O. The van der Waals surface area contributed by atoms with E-state index in [1.165, 1.54) is 0 Å². The van der Waals surface area contributed by atoms with Gasteiger partial charge in [0.2, 0.25) is 0 Å². The first-order valence-corrected chi connectivity index (χ1v) is 6.12. The minimum atomic E-state index is 0.150. The maximum absolute atomic E-state index is 8.73. The van der Waals surface area contributed by atoms with Crippen molar-refractivity contribution in [3.63, 3.8) is 0 Å². The number of hydrogen-bond acceptors (Lipinski definition) is 4. The number of benzene rings is 1. The van der Waals surface area contributed by atoms with Gasteiger partial charge in [-0.25, -0.2) is 9.97 Å². The molecule has 0 aliphatic heterocycles. The van der Waals surface area contributed by atoms with Crippen LogP contribution in [0.3, 0.4) is 0 Å². The number of rotatable bonds is 5. The summed E-state index contributed by atoms with van der Waals surface area (Å²) >= 11 is 5.97. The Kier molecular flexibility index (Phi) is 4.50. The molecule has 2 rings (SSSR count). The van der Waals surface area contributed by atoms with Crippen molar-refractivity contribution < 1.29 is 5.11 Å². The maximum Gasteiger partial charge on any atom is 0.163 e. The minimum Gasteiger partial charge on any atom is -0.396 e. The van der Waals surface area contributed by atoms with Crippen molar-refractivity contribution in [1.82, 2.24) is 9.97 Å². The molecule has 1 aromatic carbocycles. The first kappa shape index (κ1) is 12.8. The van der Waals surface area contributed by atoms with Gasteiger partial charge in [-0.1, -0.05) is 41.9 Å². The predicted molar refractivity (Wildman–Crippen MR) is 72.7 cm³/mol. The van der Waals surface area contributed by atoms with Gasteiger partial charge in [0.25, 0.3) is 0 Å². The molecule has 4 nitrogen and oxygen atoms in total. The summed E-state index contributed by atoms with van der Waals surface area (Å²) < 4.78 is 0. The Morgan fingerprint density at radius 3 is 2.67 bits per heavy atom. The SMILES string of the molecule is OCCCNc1cc(Cl)nc(-c2ccccc2)n1. The van der Waals surface area contributed by atoms with Gasteiger partial charge in [-0.05, 0) is 6.42 Å².